The van der Waals surface area contributed by atoms with Crippen molar-refractivity contribution in [1.82, 2.24) is 0 Å². The van der Waals surface area contributed by atoms with Crippen LogP contribution in [0.5, 0.6) is 0 Å². The Morgan fingerprint density at radius 1 is 0.714 bits per heavy atom. The van der Waals surface area contributed by atoms with E-state index in [1.54, 1.807) is 0 Å². The molecule has 4 N–H and O–H groups in total. The second-order valence-corrected chi connectivity index (χ2v) is 7.68. The summed E-state index contributed by atoms with van der Waals surface area (Å²) in [5, 5.41) is 7.07. The van der Waals surface area contributed by atoms with E-state index in [0.717, 1.165) is 34.1 Å². The first-order chi connectivity index (χ1) is 13.7. The van der Waals surface area contributed by atoms with Gasteiger partial charge in [0.25, 0.3) is 0 Å². The minimum absolute atomic E-state index is 0.814. The van der Waals surface area contributed by atoms with Gasteiger partial charge in [0.05, 0.1) is 0 Å². The molecule has 0 aromatic heterocycles. The summed E-state index contributed by atoms with van der Waals surface area (Å²) < 4.78 is 0. The van der Waals surface area contributed by atoms with Gasteiger partial charge in [0.15, 0.2) is 0 Å². The average molecular weight is 364 g/mol. The fourth-order valence-corrected chi connectivity index (χ4v) is 4.51. The van der Waals surface area contributed by atoms with Gasteiger partial charge >= 0.3 is 0 Å². The van der Waals surface area contributed by atoms with Crippen LogP contribution >= 0.6 is 0 Å². The molecule has 5 aromatic rings. The Hall–Kier alpha value is -3.26. The van der Waals surface area contributed by atoms with Gasteiger partial charge in [-0.25, -0.2) is 0 Å². The van der Waals surface area contributed by atoms with Crippen molar-refractivity contribution < 1.29 is 0 Å². The van der Waals surface area contributed by atoms with E-state index in [1.807, 2.05) is 6.07 Å². The van der Waals surface area contributed by atoms with Gasteiger partial charge in [-0.3, -0.25) is 0 Å². The van der Waals surface area contributed by atoms with Crippen LogP contribution in [0, 0.1) is 0 Å². The SMILES string of the molecule is CCCCc1ccccc1-c1cc2ccc3c(N)ccc4ccc(c1N)c2c43. The number of anilines is 2. The number of hydrogen-bond donors (Lipinski definition) is 2. The first-order valence-electron chi connectivity index (χ1n) is 10.0. The van der Waals surface area contributed by atoms with E-state index in [-0.39, 0.29) is 0 Å². The molecule has 0 heterocycles. The normalized spacial score (nSPS) is 11.8. The summed E-state index contributed by atoms with van der Waals surface area (Å²) in [5.41, 5.74) is 18.4. The van der Waals surface area contributed by atoms with E-state index in [9.17, 15) is 0 Å². The van der Waals surface area contributed by atoms with Gasteiger partial charge in [-0.1, -0.05) is 67.9 Å². The Morgan fingerprint density at radius 2 is 1.43 bits per heavy atom. The van der Waals surface area contributed by atoms with Gasteiger partial charge in [0.2, 0.25) is 0 Å². The number of rotatable bonds is 4. The van der Waals surface area contributed by atoms with Crippen LogP contribution in [0.1, 0.15) is 25.3 Å². The Balaban J connectivity index is 1.85. The van der Waals surface area contributed by atoms with Crippen LogP contribution in [-0.4, -0.2) is 0 Å². The van der Waals surface area contributed by atoms with Crippen molar-refractivity contribution in [3.05, 3.63) is 72.3 Å². The maximum Gasteiger partial charge on any atom is 0.0474 e. The molecule has 0 atom stereocenters. The molecular weight excluding hydrogens is 340 g/mol. The zero-order valence-corrected chi connectivity index (χ0v) is 16.1. The summed E-state index contributed by atoms with van der Waals surface area (Å²) in [6, 6.07) is 23.6. The lowest BCUT2D eigenvalue weighted by Crippen LogP contribution is -1.98. The van der Waals surface area contributed by atoms with Crippen LogP contribution < -0.4 is 11.5 Å². The summed E-state index contributed by atoms with van der Waals surface area (Å²) in [5.74, 6) is 0. The molecule has 2 heteroatoms. The van der Waals surface area contributed by atoms with Crippen LogP contribution in [0.4, 0.5) is 11.4 Å². The predicted octanol–water partition coefficient (Wildman–Crippen LogP) is 6.76. The number of aryl methyl sites for hydroxylation is 1. The average Bonchev–Trinajstić information content (AvgIpc) is 2.73. The summed E-state index contributed by atoms with van der Waals surface area (Å²) in [4.78, 5) is 0. The van der Waals surface area contributed by atoms with Gasteiger partial charge < -0.3 is 11.5 Å². The first kappa shape index (κ1) is 16.9. The maximum atomic E-state index is 6.77. The Morgan fingerprint density at radius 3 is 2.29 bits per heavy atom. The molecule has 0 aliphatic heterocycles. The topological polar surface area (TPSA) is 52.0 Å². The monoisotopic (exact) mass is 364 g/mol. The van der Waals surface area contributed by atoms with Crippen molar-refractivity contribution >= 4 is 43.7 Å². The lowest BCUT2D eigenvalue weighted by Gasteiger charge is -2.18. The fraction of sp³-hybridized carbons (Fsp3) is 0.154. The third kappa shape index (κ3) is 2.41. The van der Waals surface area contributed by atoms with Crippen molar-refractivity contribution in [2.45, 2.75) is 26.2 Å². The van der Waals surface area contributed by atoms with E-state index in [1.165, 1.54) is 45.5 Å². The molecule has 2 nitrogen and oxygen atoms in total. The van der Waals surface area contributed by atoms with E-state index in [4.69, 9.17) is 11.5 Å². The van der Waals surface area contributed by atoms with Crippen LogP contribution in [0.25, 0.3) is 43.4 Å². The highest BCUT2D eigenvalue weighted by atomic mass is 14.6. The van der Waals surface area contributed by atoms with E-state index < -0.39 is 0 Å². The number of nitrogen functional groups attached to an aromatic ring is 2. The molecule has 0 aliphatic rings. The Labute approximate surface area is 165 Å². The standard InChI is InChI=1S/C26H24N2/c1-2-3-6-16-7-4-5-8-19(16)22-15-18-10-12-20-23(27)14-11-17-9-13-21(26(22)28)25(18)24(17)20/h4-5,7-15H,2-3,6,27-28H2,1H3. The first-order valence-corrected chi connectivity index (χ1v) is 10.0. The predicted molar refractivity (Wildman–Crippen MR) is 123 cm³/mol. The molecule has 0 saturated carbocycles. The summed E-state index contributed by atoms with van der Waals surface area (Å²) in [7, 11) is 0. The highest BCUT2D eigenvalue weighted by Gasteiger charge is 2.16. The zero-order chi connectivity index (χ0) is 19.3. The van der Waals surface area contributed by atoms with Gasteiger partial charge in [0.1, 0.15) is 0 Å². The van der Waals surface area contributed by atoms with Gasteiger partial charge in [-0.2, -0.15) is 0 Å². The quantitative estimate of drug-likeness (QED) is 0.273. The molecule has 0 radical (unpaired) electrons. The van der Waals surface area contributed by atoms with Gasteiger partial charge in [-0.05, 0) is 57.6 Å². The van der Waals surface area contributed by atoms with Crippen LogP contribution in [-0.2, 0) is 6.42 Å². The molecule has 0 aliphatic carbocycles. The Bertz CT molecular complexity index is 1320. The molecule has 0 amide bonds. The van der Waals surface area contributed by atoms with Crippen molar-refractivity contribution in [3.8, 4) is 11.1 Å². The molecule has 0 bridgehead atoms. The smallest absolute Gasteiger partial charge is 0.0474 e. The third-order valence-electron chi connectivity index (χ3n) is 5.97. The number of benzene rings is 5. The zero-order valence-electron chi connectivity index (χ0n) is 16.1. The molecule has 28 heavy (non-hydrogen) atoms. The minimum Gasteiger partial charge on any atom is -0.398 e. The van der Waals surface area contributed by atoms with Crippen LogP contribution in [0.15, 0.2) is 66.7 Å². The minimum atomic E-state index is 0.814. The van der Waals surface area contributed by atoms with Crippen molar-refractivity contribution in [2.24, 2.45) is 0 Å². The number of nitrogens with two attached hydrogens (primary N) is 2. The van der Waals surface area contributed by atoms with Crippen LogP contribution in [0.3, 0.4) is 0 Å². The highest BCUT2D eigenvalue weighted by Crippen LogP contribution is 2.43. The number of unbranched alkanes of at least 4 members (excludes halogenated alkanes) is 1. The second kappa shape index (κ2) is 6.42. The van der Waals surface area contributed by atoms with Crippen molar-refractivity contribution in [3.63, 3.8) is 0 Å². The molecule has 5 aromatic carbocycles. The van der Waals surface area contributed by atoms with Crippen molar-refractivity contribution in [1.29, 1.82) is 0 Å². The second-order valence-electron chi connectivity index (χ2n) is 7.68. The maximum absolute atomic E-state index is 6.77. The number of hydrogen-bond acceptors (Lipinski definition) is 2. The molecular formula is C26H24N2. The van der Waals surface area contributed by atoms with E-state index >= 15 is 0 Å². The van der Waals surface area contributed by atoms with Crippen LogP contribution in [0.2, 0.25) is 0 Å². The van der Waals surface area contributed by atoms with E-state index in [2.05, 4.69) is 67.6 Å². The highest BCUT2D eigenvalue weighted by molar-refractivity contribution is 6.28. The van der Waals surface area contributed by atoms with Gasteiger partial charge in [-0.15, -0.1) is 0 Å². The molecule has 0 unspecified atom stereocenters. The molecule has 138 valence electrons. The lowest BCUT2D eigenvalue weighted by atomic mass is 9.88. The summed E-state index contributed by atoms with van der Waals surface area (Å²) in [6.45, 7) is 2.23. The summed E-state index contributed by atoms with van der Waals surface area (Å²) >= 11 is 0. The molecule has 0 fully saturated rings. The molecule has 0 saturated heterocycles. The third-order valence-corrected chi connectivity index (χ3v) is 5.97. The Kier molecular flexibility index (Phi) is 3.87. The largest absolute Gasteiger partial charge is 0.398 e. The van der Waals surface area contributed by atoms with Gasteiger partial charge in [0, 0.05) is 27.7 Å². The molecule has 0 spiro atoms. The lowest BCUT2D eigenvalue weighted by molar-refractivity contribution is 0.796. The van der Waals surface area contributed by atoms with E-state index in [0.29, 0.717) is 0 Å². The molecule has 5 rings (SSSR count). The van der Waals surface area contributed by atoms with Crippen molar-refractivity contribution in [2.75, 3.05) is 11.5 Å². The summed E-state index contributed by atoms with van der Waals surface area (Å²) in [6.07, 6.45) is 3.45. The fourth-order valence-electron chi connectivity index (χ4n) is 4.51.